The number of aliphatic hydroxyl groups is 1. The third kappa shape index (κ3) is 40.5. The Balaban J connectivity index is 2.45. The minimum absolute atomic E-state index is 0.136. The van der Waals surface area contributed by atoms with E-state index in [1.807, 2.05) is 0 Å². The molecule has 6 heteroatoms. The van der Waals surface area contributed by atoms with Gasteiger partial charge in [-0.2, -0.15) is 0 Å². The van der Waals surface area contributed by atoms with Gasteiger partial charge in [-0.15, -0.1) is 0 Å². The maximum absolute atomic E-state index is 13.5. The van der Waals surface area contributed by atoms with Crippen molar-refractivity contribution < 1.29 is 14.7 Å². The van der Waals surface area contributed by atoms with Crippen LogP contribution in [0.5, 0.6) is 0 Å². The molecule has 68 heavy (non-hydrogen) atoms. The second-order valence-electron chi connectivity index (χ2n) is 22.2. The molecule has 0 aromatic rings. The molecule has 2 amide bonds. The molecular weight excluding hydrogens is 835 g/mol. The number of hydrogen-bond donors (Lipinski definition) is 1. The van der Waals surface area contributed by atoms with E-state index >= 15 is 0 Å². The van der Waals surface area contributed by atoms with E-state index in [9.17, 15) is 14.7 Å². The zero-order valence-electron chi connectivity index (χ0n) is 46.9. The molecule has 1 aliphatic rings. The van der Waals surface area contributed by atoms with Gasteiger partial charge >= 0.3 is 0 Å². The van der Waals surface area contributed by atoms with Gasteiger partial charge in [0, 0.05) is 45.1 Å². The van der Waals surface area contributed by atoms with Crippen LogP contribution in [0.15, 0.2) is 0 Å². The summed E-state index contributed by atoms with van der Waals surface area (Å²) in [7, 11) is 0. The Hall–Kier alpha value is -1.14. The summed E-state index contributed by atoms with van der Waals surface area (Å²) in [5.74, 6) is 0.823. The highest BCUT2D eigenvalue weighted by molar-refractivity contribution is 5.76. The van der Waals surface area contributed by atoms with Gasteiger partial charge in [0.15, 0.2) is 0 Å². The molecule has 0 aliphatic heterocycles. The van der Waals surface area contributed by atoms with E-state index in [4.69, 9.17) is 0 Å². The van der Waals surface area contributed by atoms with Gasteiger partial charge in [0.05, 0.1) is 6.10 Å². The summed E-state index contributed by atoms with van der Waals surface area (Å²) in [4.78, 5) is 34.2. The Morgan fingerprint density at radius 1 is 0.338 bits per heavy atom. The monoisotopic (exact) mass is 958 g/mol. The number of aliphatic hydroxyl groups excluding tert-OH is 1. The minimum Gasteiger partial charge on any atom is -0.393 e. The van der Waals surface area contributed by atoms with Gasteiger partial charge in [-0.3, -0.25) is 9.59 Å². The SMILES string of the molecule is CCCCCCCCCCN(CCCCCCCCCC)C(=O)CCCCCCCN(CCCCCCCC(=O)N(CCCCCCCCCC)CCCCCCCCCC)C1CCCC(O)C1. The first-order valence-electron chi connectivity index (χ1n) is 31.4. The van der Waals surface area contributed by atoms with Gasteiger partial charge < -0.3 is 19.8 Å². The Kier molecular flexibility index (Phi) is 48.5. The van der Waals surface area contributed by atoms with E-state index in [1.165, 1.54) is 250 Å². The van der Waals surface area contributed by atoms with Crippen molar-refractivity contribution in [3.63, 3.8) is 0 Å². The number of hydrogen-bond acceptors (Lipinski definition) is 4. The van der Waals surface area contributed by atoms with Gasteiger partial charge in [0.2, 0.25) is 11.8 Å². The second kappa shape index (κ2) is 50.8. The maximum Gasteiger partial charge on any atom is 0.222 e. The van der Waals surface area contributed by atoms with Crippen molar-refractivity contribution in [3.8, 4) is 0 Å². The average molecular weight is 959 g/mol. The third-order valence-corrected chi connectivity index (χ3v) is 15.6. The fourth-order valence-electron chi connectivity index (χ4n) is 11.0. The van der Waals surface area contributed by atoms with E-state index in [0.29, 0.717) is 17.9 Å². The third-order valence-electron chi connectivity index (χ3n) is 15.6. The Bertz CT molecular complexity index is 944. The Labute approximate surface area is 426 Å². The van der Waals surface area contributed by atoms with Crippen molar-refractivity contribution in [2.75, 3.05) is 39.3 Å². The molecule has 6 nitrogen and oxygen atoms in total. The number of carbonyl (C=O) groups excluding carboxylic acids is 2. The van der Waals surface area contributed by atoms with Crippen LogP contribution in [0.1, 0.15) is 336 Å². The van der Waals surface area contributed by atoms with Crippen LogP contribution in [0.2, 0.25) is 0 Å². The Morgan fingerprint density at radius 3 is 0.868 bits per heavy atom. The predicted molar refractivity (Wildman–Crippen MR) is 299 cm³/mol. The van der Waals surface area contributed by atoms with Crippen LogP contribution in [-0.2, 0) is 9.59 Å². The summed E-state index contributed by atoms with van der Waals surface area (Å²) < 4.78 is 0. The summed E-state index contributed by atoms with van der Waals surface area (Å²) >= 11 is 0. The number of rotatable bonds is 53. The minimum atomic E-state index is -0.136. The van der Waals surface area contributed by atoms with E-state index in [2.05, 4.69) is 42.4 Å². The number of nitrogens with zero attached hydrogens (tertiary/aromatic N) is 3. The molecule has 1 aliphatic carbocycles. The molecule has 0 saturated heterocycles. The van der Waals surface area contributed by atoms with Gasteiger partial charge in [0.25, 0.3) is 0 Å². The van der Waals surface area contributed by atoms with Crippen molar-refractivity contribution in [2.45, 2.75) is 348 Å². The van der Waals surface area contributed by atoms with Crippen LogP contribution < -0.4 is 0 Å². The molecule has 1 rings (SSSR count). The van der Waals surface area contributed by atoms with Gasteiger partial charge in [-0.25, -0.2) is 0 Å². The molecule has 0 heterocycles. The Morgan fingerprint density at radius 2 is 0.588 bits per heavy atom. The lowest BCUT2D eigenvalue weighted by atomic mass is 9.91. The van der Waals surface area contributed by atoms with Crippen molar-refractivity contribution in [1.82, 2.24) is 14.7 Å². The highest BCUT2D eigenvalue weighted by Crippen LogP contribution is 2.25. The standard InChI is InChI=1S/C62H123N3O3/c1-5-9-13-17-21-25-33-43-54-64(55-44-34-26-22-18-14-10-6-2)61(67)50-39-31-29-37-41-52-63(59-48-47-49-60(66)58-59)53-42-38-30-32-40-51-62(68)65(56-45-35-27-23-19-15-11-7-3)57-46-36-28-24-20-16-12-8-4/h59-60,66H,5-58H2,1-4H3. The van der Waals surface area contributed by atoms with E-state index in [0.717, 1.165) is 97.1 Å². The summed E-state index contributed by atoms with van der Waals surface area (Å²) in [6.45, 7) is 15.3. The van der Waals surface area contributed by atoms with Crippen LogP contribution >= 0.6 is 0 Å². The molecular formula is C62H123N3O3. The molecule has 0 bridgehead atoms. The number of carbonyl (C=O) groups is 2. The van der Waals surface area contributed by atoms with E-state index < -0.39 is 0 Å². The second-order valence-corrected chi connectivity index (χ2v) is 22.2. The lowest BCUT2D eigenvalue weighted by Gasteiger charge is -2.36. The van der Waals surface area contributed by atoms with Gasteiger partial charge in [-0.05, 0) is 90.1 Å². The summed E-state index contributed by atoms with van der Waals surface area (Å²) in [5, 5.41) is 10.6. The summed E-state index contributed by atoms with van der Waals surface area (Å²) in [6.07, 6.45) is 59.6. The predicted octanol–water partition coefficient (Wildman–Crippen LogP) is 18.5. The molecule has 2 atom stereocenters. The molecule has 0 spiro atoms. The first kappa shape index (κ1) is 64.9. The molecule has 2 unspecified atom stereocenters. The lowest BCUT2D eigenvalue weighted by molar-refractivity contribution is -0.132. The van der Waals surface area contributed by atoms with Crippen LogP contribution in [0, 0.1) is 0 Å². The first-order valence-corrected chi connectivity index (χ1v) is 31.4. The first-order chi connectivity index (χ1) is 33.5. The molecule has 1 N–H and O–H groups in total. The van der Waals surface area contributed by atoms with Crippen LogP contribution in [0.3, 0.4) is 0 Å². The molecule has 0 radical (unpaired) electrons. The van der Waals surface area contributed by atoms with Crippen molar-refractivity contribution in [3.05, 3.63) is 0 Å². The van der Waals surface area contributed by atoms with Gasteiger partial charge in [-0.1, -0.05) is 246 Å². The molecule has 0 aromatic carbocycles. The normalized spacial score (nSPS) is 15.1. The lowest BCUT2D eigenvalue weighted by Crippen LogP contribution is -2.41. The quantitative estimate of drug-likeness (QED) is 0.0617. The molecule has 0 aromatic heterocycles. The number of amides is 2. The zero-order chi connectivity index (χ0) is 49.2. The van der Waals surface area contributed by atoms with E-state index in [-0.39, 0.29) is 6.10 Å². The van der Waals surface area contributed by atoms with Crippen LogP contribution in [0.4, 0.5) is 0 Å². The topological polar surface area (TPSA) is 64.1 Å². The number of unbranched alkanes of at least 4 members (excludes halogenated alkanes) is 36. The maximum atomic E-state index is 13.5. The van der Waals surface area contributed by atoms with Crippen molar-refractivity contribution in [1.29, 1.82) is 0 Å². The highest BCUT2D eigenvalue weighted by Gasteiger charge is 2.25. The zero-order valence-corrected chi connectivity index (χ0v) is 46.9. The van der Waals surface area contributed by atoms with Crippen LogP contribution in [-0.4, -0.2) is 83.0 Å². The van der Waals surface area contributed by atoms with Crippen molar-refractivity contribution >= 4 is 11.8 Å². The van der Waals surface area contributed by atoms with Crippen molar-refractivity contribution in [2.24, 2.45) is 0 Å². The average Bonchev–Trinajstić information content (AvgIpc) is 3.34. The summed E-state index contributed by atoms with van der Waals surface area (Å²) in [6, 6.07) is 0.523. The fourth-order valence-corrected chi connectivity index (χ4v) is 11.0. The molecule has 1 fully saturated rings. The largest absolute Gasteiger partial charge is 0.393 e. The summed E-state index contributed by atoms with van der Waals surface area (Å²) in [5.41, 5.74) is 0. The highest BCUT2D eigenvalue weighted by atomic mass is 16.3. The fraction of sp³-hybridized carbons (Fsp3) is 0.968. The molecule has 404 valence electrons. The van der Waals surface area contributed by atoms with Gasteiger partial charge in [0.1, 0.15) is 0 Å². The van der Waals surface area contributed by atoms with Crippen LogP contribution in [0.25, 0.3) is 0 Å². The smallest absolute Gasteiger partial charge is 0.222 e. The molecule has 1 saturated carbocycles. The van der Waals surface area contributed by atoms with E-state index in [1.54, 1.807) is 0 Å².